The predicted octanol–water partition coefficient (Wildman–Crippen LogP) is 2.73. The molecule has 1 aliphatic heterocycles. The first-order valence-corrected chi connectivity index (χ1v) is 10.9. The Morgan fingerprint density at radius 1 is 1.22 bits per heavy atom. The van der Waals surface area contributed by atoms with E-state index in [1.54, 1.807) is 14.0 Å². The van der Waals surface area contributed by atoms with Crippen LogP contribution in [0.15, 0.2) is 39.8 Å². The molecule has 0 atom stereocenters. The molecule has 8 nitrogen and oxygen atoms in total. The molecule has 170 valence electrons. The summed E-state index contributed by atoms with van der Waals surface area (Å²) in [5.74, 6) is 0.0468. The first kappa shape index (κ1) is 22.2. The summed E-state index contributed by atoms with van der Waals surface area (Å²) in [5, 5.41) is 3.28. The van der Waals surface area contributed by atoms with E-state index in [1.165, 1.54) is 22.0 Å². The molecule has 0 bridgehead atoms. The molecule has 2 aromatic heterocycles. The zero-order chi connectivity index (χ0) is 22.7. The number of nitrogens with zero attached hydrogens (tertiary/aromatic N) is 2. The second-order valence-corrected chi connectivity index (χ2v) is 8.39. The molecule has 1 fully saturated rings. The van der Waals surface area contributed by atoms with Crippen LogP contribution in [-0.2, 0) is 21.4 Å². The van der Waals surface area contributed by atoms with Crippen molar-refractivity contribution in [3.05, 3.63) is 63.4 Å². The summed E-state index contributed by atoms with van der Waals surface area (Å²) in [7, 11) is 1.57. The van der Waals surface area contributed by atoms with E-state index < -0.39 is 0 Å². The van der Waals surface area contributed by atoms with Crippen LogP contribution in [0.25, 0.3) is 11.1 Å². The zero-order valence-corrected chi connectivity index (χ0v) is 18.8. The van der Waals surface area contributed by atoms with Crippen molar-refractivity contribution in [2.75, 3.05) is 33.5 Å². The van der Waals surface area contributed by atoms with Crippen LogP contribution >= 0.6 is 0 Å². The maximum absolute atomic E-state index is 13.3. The topological polar surface area (TPSA) is 95.6 Å². The molecule has 32 heavy (non-hydrogen) atoms. The van der Waals surface area contributed by atoms with Gasteiger partial charge in [-0.05, 0) is 32.3 Å². The highest BCUT2D eigenvalue weighted by Gasteiger charge is 2.35. The van der Waals surface area contributed by atoms with Gasteiger partial charge in [0.25, 0.3) is 11.5 Å². The highest BCUT2D eigenvalue weighted by Crippen LogP contribution is 2.34. The fourth-order valence-electron chi connectivity index (χ4n) is 4.33. The molecule has 3 aromatic rings. The van der Waals surface area contributed by atoms with Gasteiger partial charge in [0.15, 0.2) is 0 Å². The van der Waals surface area contributed by atoms with Crippen molar-refractivity contribution in [3.63, 3.8) is 0 Å². The molecule has 3 heterocycles. The minimum atomic E-state index is -0.331. The Morgan fingerprint density at radius 3 is 2.62 bits per heavy atom. The standard InChI is InChI=1S/C24H29N3O5/c1-16-4-6-18(7-5-16)24(8-11-31-12-9-24)14-25-21(28)19-17(2)32-22-20(19)23(29)27(15-26-22)10-13-30-3/h4-7,15H,8-14H2,1-3H3,(H,25,28). The molecule has 1 N–H and O–H groups in total. The number of rotatable bonds is 7. The van der Waals surface area contributed by atoms with Crippen LogP contribution in [0, 0.1) is 13.8 Å². The van der Waals surface area contributed by atoms with Gasteiger partial charge < -0.3 is 19.2 Å². The quantitative estimate of drug-likeness (QED) is 0.608. The van der Waals surface area contributed by atoms with Gasteiger partial charge in [-0.1, -0.05) is 29.8 Å². The number of carbonyl (C=O) groups is 1. The van der Waals surface area contributed by atoms with Gasteiger partial charge in [-0.3, -0.25) is 14.2 Å². The van der Waals surface area contributed by atoms with Crippen molar-refractivity contribution in [2.45, 2.75) is 38.6 Å². The smallest absolute Gasteiger partial charge is 0.265 e. The van der Waals surface area contributed by atoms with Gasteiger partial charge in [-0.25, -0.2) is 4.98 Å². The Kier molecular flexibility index (Phi) is 6.43. The normalized spacial score (nSPS) is 15.7. The first-order chi connectivity index (χ1) is 15.4. The number of furan rings is 1. The van der Waals surface area contributed by atoms with Crippen LogP contribution in [0.2, 0.25) is 0 Å². The second-order valence-electron chi connectivity index (χ2n) is 8.39. The van der Waals surface area contributed by atoms with E-state index in [9.17, 15) is 9.59 Å². The van der Waals surface area contributed by atoms with E-state index in [-0.39, 0.29) is 33.5 Å². The molecule has 1 aliphatic rings. The lowest BCUT2D eigenvalue weighted by Gasteiger charge is -2.38. The molecule has 8 heteroatoms. The number of aryl methyl sites for hydroxylation is 2. The predicted molar refractivity (Wildman–Crippen MR) is 120 cm³/mol. The Balaban J connectivity index is 1.63. The van der Waals surface area contributed by atoms with Gasteiger partial charge >= 0.3 is 0 Å². The van der Waals surface area contributed by atoms with Gasteiger partial charge in [0, 0.05) is 32.3 Å². The summed E-state index contributed by atoms with van der Waals surface area (Å²) >= 11 is 0. The molecule has 1 saturated heterocycles. The second kappa shape index (κ2) is 9.26. The van der Waals surface area contributed by atoms with Crippen LogP contribution in [0.3, 0.4) is 0 Å². The number of hydrogen-bond donors (Lipinski definition) is 1. The van der Waals surface area contributed by atoms with Crippen molar-refractivity contribution < 1.29 is 18.7 Å². The Labute approximate surface area is 186 Å². The lowest BCUT2D eigenvalue weighted by molar-refractivity contribution is 0.0487. The average molecular weight is 440 g/mol. The van der Waals surface area contributed by atoms with E-state index in [2.05, 4.69) is 41.5 Å². The fourth-order valence-corrected chi connectivity index (χ4v) is 4.33. The van der Waals surface area contributed by atoms with Crippen LogP contribution < -0.4 is 10.9 Å². The Hall–Kier alpha value is -2.97. The van der Waals surface area contributed by atoms with Gasteiger partial charge in [0.1, 0.15) is 17.5 Å². The van der Waals surface area contributed by atoms with Crippen molar-refractivity contribution in [2.24, 2.45) is 0 Å². The minimum absolute atomic E-state index is 0.172. The zero-order valence-electron chi connectivity index (χ0n) is 18.8. The molecule has 1 aromatic carbocycles. The highest BCUT2D eigenvalue weighted by molar-refractivity contribution is 6.06. The lowest BCUT2D eigenvalue weighted by atomic mass is 9.74. The molecule has 0 aliphatic carbocycles. The number of amides is 1. The Bertz CT molecular complexity index is 1160. The fraction of sp³-hybridized carbons (Fsp3) is 0.458. The number of hydrogen-bond acceptors (Lipinski definition) is 6. The van der Waals surface area contributed by atoms with E-state index in [1.807, 2.05) is 0 Å². The average Bonchev–Trinajstić information content (AvgIpc) is 3.15. The molecule has 1 amide bonds. The van der Waals surface area contributed by atoms with Crippen LogP contribution in [0.4, 0.5) is 0 Å². The third-order valence-corrected chi connectivity index (χ3v) is 6.32. The third kappa shape index (κ3) is 4.20. The van der Waals surface area contributed by atoms with Gasteiger partial charge in [-0.2, -0.15) is 0 Å². The van der Waals surface area contributed by atoms with Crippen LogP contribution in [-0.4, -0.2) is 48.9 Å². The molecular formula is C24H29N3O5. The van der Waals surface area contributed by atoms with Gasteiger partial charge in [0.2, 0.25) is 5.71 Å². The number of aromatic nitrogens is 2. The van der Waals surface area contributed by atoms with Gasteiger partial charge in [0.05, 0.1) is 18.7 Å². The SMILES string of the molecule is COCCn1cnc2oc(C)c(C(=O)NCC3(c4ccc(C)cc4)CCOCC3)c2c1=O. The maximum atomic E-state index is 13.3. The van der Waals surface area contributed by atoms with Crippen molar-refractivity contribution in [1.29, 1.82) is 0 Å². The van der Waals surface area contributed by atoms with Crippen LogP contribution in [0.1, 0.15) is 40.1 Å². The molecule has 0 spiro atoms. The maximum Gasteiger partial charge on any atom is 0.265 e. The van der Waals surface area contributed by atoms with E-state index in [4.69, 9.17) is 13.9 Å². The summed E-state index contributed by atoms with van der Waals surface area (Å²) in [6, 6.07) is 8.44. The summed E-state index contributed by atoms with van der Waals surface area (Å²) in [6.07, 6.45) is 3.04. The molecule has 0 unspecified atom stereocenters. The van der Waals surface area contributed by atoms with Crippen LogP contribution in [0.5, 0.6) is 0 Å². The van der Waals surface area contributed by atoms with E-state index in [0.717, 1.165) is 12.8 Å². The number of carbonyl (C=O) groups excluding carboxylic acids is 1. The molecule has 0 saturated carbocycles. The number of ether oxygens (including phenoxy) is 2. The lowest BCUT2D eigenvalue weighted by Crippen LogP contribution is -2.44. The summed E-state index contributed by atoms with van der Waals surface area (Å²) in [6.45, 7) is 6.19. The molecular weight excluding hydrogens is 410 g/mol. The number of fused-ring (bicyclic) bond motifs is 1. The van der Waals surface area contributed by atoms with E-state index >= 15 is 0 Å². The summed E-state index contributed by atoms with van der Waals surface area (Å²) in [4.78, 5) is 30.5. The Morgan fingerprint density at radius 2 is 1.94 bits per heavy atom. The van der Waals surface area contributed by atoms with Crippen molar-refractivity contribution in [3.8, 4) is 0 Å². The minimum Gasteiger partial charge on any atom is -0.442 e. The largest absolute Gasteiger partial charge is 0.442 e. The number of nitrogens with one attached hydrogen (secondary N) is 1. The van der Waals surface area contributed by atoms with E-state index in [0.29, 0.717) is 38.7 Å². The number of methoxy groups -OCH3 is 1. The van der Waals surface area contributed by atoms with Crippen molar-refractivity contribution in [1.82, 2.24) is 14.9 Å². The van der Waals surface area contributed by atoms with Crippen molar-refractivity contribution >= 4 is 17.0 Å². The highest BCUT2D eigenvalue weighted by atomic mass is 16.5. The third-order valence-electron chi connectivity index (χ3n) is 6.32. The number of benzene rings is 1. The summed E-state index contributed by atoms with van der Waals surface area (Å²) < 4.78 is 17.7. The molecule has 0 radical (unpaired) electrons. The summed E-state index contributed by atoms with van der Waals surface area (Å²) in [5.41, 5.74) is 2.27. The monoisotopic (exact) mass is 439 g/mol. The van der Waals surface area contributed by atoms with Gasteiger partial charge in [-0.15, -0.1) is 0 Å². The molecule has 4 rings (SSSR count). The first-order valence-electron chi connectivity index (χ1n) is 10.9.